The lowest BCUT2D eigenvalue weighted by Gasteiger charge is -2.60. The average molecular weight is 480 g/mol. The van der Waals surface area contributed by atoms with Gasteiger partial charge < -0.3 is 5.32 Å². The zero-order valence-electron chi connectivity index (χ0n) is 14.3. The summed E-state index contributed by atoms with van der Waals surface area (Å²) in [5.74, 6) is 1.39. The minimum Gasteiger partial charge on any atom is -0.326 e. The van der Waals surface area contributed by atoms with E-state index < -0.39 is 0 Å². The third kappa shape index (κ3) is 2.66. The van der Waals surface area contributed by atoms with Crippen LogP contribution < -0.4 is 5.32 Å². The molecule has 7 heteroatoms. The first-order valence-corrected chi connectivity index (χ1v) is 10.7. The summed E-state index contributed by atoms with van der Waals surface area (Å²) in [4.78, 5) is 17.6. The Kier molecular flexibility index (Phi) is 3.84. The first kappa shape index (κ1) is 16.9. The number of nitrogens with zero attached hydrogens (tertiary/aromatic N) is 3. The van der Waals surface area contributed by atoms with Gasteiger partial charge >= 0.3 is 0 Å². The Labute approximate surface area is 169 Å². The maximum absolute atomic E-state index is 13.4. The van der Waals surface area contributed by atoms with Crippen LogP contribution in [0.1, 0.15) is 38.5 Å². The summed E-state index contributed by atoms with van der Waals surface area (Å²) in [6.45, 7) is 0. The van der Waals surface area contributed by atoms with E-state index in [1.807, 2.05) is 35.3 Å². The fraction of sp³-hybridized carbons (Fsp3) is 0.526. The molecule has 4 aliphatic rings. The minimum absolute atomic E-state index is 0.0554. The number of hydrogen-bond donors (Lipinski definition) is 1. The molecule has 0 saturated heterocycles. The molecule has 5 nitrogen and oxygen atoms in total. The number of hydrogen-bond acceptors (Lipinski definition) is 3. The summed E-state index contributed by atoms with van der Waals surface area (Å²) in [5, 5.41) is 7.76. The van der Waals surface area contributed by atoms with E-state index >= 15 is 0 Å². The fourth-order valence-electron chi connectivity index (χ4n) is 6.02. The van der Waals surface area contributed by atoms with Crippen molar-refractivity contribution in [3.8, 4) is 0 Å². The molecule has 1 amide bonds. The predicted molar refractivity (Wildman–Crippen MR) is 106 cm³/mol. The van der Waals surface area contributed by atoms with Crippen LogP contribution in [0.2, 0.25) is 0 Å². The summed E-state index contributed by atoms with van der Waals surface area (Å²) in [6.07, 6.45) is 8.19. The zero-order valence-corrected chi connectivity index (χ0v) is 17.5. The Morgan fingerprint density at radius 3 is 2.42 bits per heavy atom. The number of rotatable bonds is 3. The molecule has 2 aromatic rings. The molecule has 2 unspecified atom stereocenters. The molecule has 2 atom stereocenters. The van der Waals surface area contributed by atoms with Gasteiger partial charge in [0.25, 0.3) is 0 Å². The second-order valence-electron chi connectivity index (χ2n) is 8.38. The molecule has 0 radical (unpaired) electrons. The lowest BCUT2D eigenvalue weighted by molar-refractivity contribution is -0.150. The summed E-state index contributed by atoms with van der Waals surface area (Å²) in [5.41, 5.74) is 0.530. The van der Waals surface area contributed by atoms with Crippen molar-refractivity contribution >= 4 is 43.5 Å². The van der Waals surface area contributed by atoms with Gasteiger partial charge in [-0.3, -0.25) is 4.79 Å². The first-order chi connectivity index (χ1) is 12.5. The maximum atomic E-state index is 13.4. The highest BCUT2D eigenvalue weighted by Crippen LogP contribution is 2.64. The van der Waals surface area contributed by atoms with Crippen LogP contribution in [0.5, 0.6) is 0 Å². The van der Waals surface area contributed by atoms with E-state index in [0.717, 1.165) is 42.3 Å². The molecule has 1 aromatic heterocycles. The van der Waals surface area contributed by atoms with Crippen LogP contribution in [0.25, 0.3) is 0 Å². The molecule has 0 spiro atoms. The number of benzene rings is 1. The van der Waals surface area contributed by atoms with E-state index in [0.29, 0.717) is 16.6 Å². The number of aromatic nitrogens is 3. The molecule has 1 heterocycles. The first-order valence-electron chi connectivity index (χ1n) is 9.11. The monoisotopic (exact) mass is 478 g/mol. The average Bonchev–Trinajstić information content (AvgIpc) is 3.03. The van der Waals surface area contributed by atoms with Crippen molar-refractivity contribution in [3.63, 3.8) is 0 Å². The summed E-state index contributed by atoms with van der Waals surface area (Å²) in [7, 11) is 0. The van der Waals surface area contributed by atoms with Gasteiger partial charge in [-0.15, -0.1) is 5.10 Å². The number of amides is 1. The quantitative estimate of drug-likeness (QED) is 0.691. The van der Waals surface area contributed by atoms with Crippen LogP contribution in [0.15, 0.2) is 39.8 Å². The van der Waals surface area contributed by atoms with Crippen LogP contribution in [0.3, 0.4) is 0 Å². The number of halogens is 2. The minimum atomic E-state index is -0.282. The SMILES string of the molecule is O=C(Nc1ccc(Br)cc1)C12CC3CC(C1)CC(n1cnc(Br)n1)(C3)C2. The molecular formula is C19H20Br2N4O. The molecule has 26 heavy (non-hydrogen) atoms. The van der Waals surface area contributed by atoms with Crippen molar-refractivity contribution in [3.05, 3.63) is 39.8 Å². The molecular weight excluding hydrogens is 460 g/mol. The van der Waals surface area contributed by atoms with Gasteiger partial charge in [-0.2, -0.15) is 0 Å². The highest BCUT2D eigenvalue weighted by Gasteiger charge is 2.61. The van der Waals surface area contributed by atoms with Crippen molar-refractivity contribution < 1.29 is 4.79 Å². The highest BCUT2D eigenvalue weighted by molar-refractivity contribution is 9.10. The summed E-state index contributed by atoms with van der Waals surface area (Å²) >= 11 is 6.82. The van der Waals surface area contributed by atoms with Crippen molar-refractivity contribution in [1.82, 2.24) is 14.8 Å². The smallest absolute Gasteiger partial charge is 0.230 e. The lowest BCUT2D eigenvalue weighted by Crippen LogP contribution is -2.60. The Morgan fingerprint density at radius 1 is 1.12 bits per heavy atom. The molecule has 4 saturated carbocycles. The number of carbonyl (C=O) groups is 1. The predicted octanol–water partition coefficient (Wildman–Crippen LogP) is 4.74. The van der Waals surface area contributed by atoms with Gasteiger partial charge in [0.2, 0.25) is 10.6 Å². The molecule has 1 aromatic carbocycles. The van der Waals surface area contributed by atoms with Crippen molar-refractivity contribution in [1.29, 1.82) is 0 Å². The fourth-order valence-corrected chi connectivity index (χ4v) is 6.54. The Morgan fingerprint density at radius 2 is 1.81 bits per heavy atom. The van der Waals surface area contributed by atoms with Gasteiger partial charge in [0.05, 0.1) is 11.0 Å². The lowest BCUT2D eigenvalue weighted by atomic mass is 9.46. The van der Waals surface area contributed by atoms with Crippen LogP contribution in [0.4, 0.5) is 5.69 Å². The van der Waals surface area contributed by atoms with Crippen LogP contribution in [-0.4, -0.2) is 20.7 Å². The van der Waals surface area contributed by atoms with Gasteiger partial charge in [-0.1, -0.05) is 15.9 Å². The van der Waals surface area contributed by atoms with E-state index in [1.54, 1.807) is 0 Å². The van der Waals surface area contributed by atoms with Crippen molar-refractivity contribution in [2.75, 3.05) is 5.32 Å². The van der Waals surface area contributed by atoms with Crippen molar-refractivity contribution in [2.45, 2.75) is 44.1 Å². The van der Waals surface area contributed by atoms with Gasteiger partial charge in [0.15, 0.2) is 0 Å². The van der Waals surface area contributed by atoms with Crippen molar-refractivity contribution in [2.24, 2.45) is 17.3 Å². The normalized spacial score (nSPS) is 34.8. The topological polar surface area (TPSA) is 59.8 Å². The van der Waals surface area contributed by atoms with E-state index in [-0.39, 0.29) is 16.9 Å². The molecule has 4 bridgehead atoms. The third-order valence-corrected chi connectivity index (χ3v) is 7.46. The third-order valence-electron chi connectivity index (χ3n) is 6.56. The largest absolute Gasteiger partial charge is 0.326 e. The number of anilines is 1. The van der Waals surface area contributed by atoms with E-state index in [4.69, 9.17) is 0 Å². The van der Waals surface area contributed by atoms with E-state index in [1.165, 1.54) is 6.42 Å². The van der Waals surface area contributed by atoms with Crippen LogP contribution >= 0.6 is 31.9 Å². The van der Waals surface area contributed by atoms with Gasteiger partial charge in [0.1, 0.15) is 6.33 Å². The highest BCUT2D eigenvalue weighted by atomic mass is 79.9. The molecule has 1 N–H and O–H groups in total. The second kappa shape index (κ2) is 5.89. The van der Waals surface area contributed by atoms with E-state index in [2.05, 4.69) is 47.3 Å². The molecule has 6 rings (SSSR count). The Hall–Kier alpha value is -1.21. The Balaban J connectivity index is 1.46. The number of carbonyl (C=O) groups excluding carboxylic acids is 1. The zero-order chi connectivity index (χ0) is 17.9. The van der Waals surface area contributed by atoms with E-state index in [9.17, 15) is 4.79 Å². The molecule has 4 aliphatic carbocycles. The van der Waals surface area contributed by atoms with Gasteiger partial charge in [0, 0.05) is 10.2 Å². The number of nitrogens with one attached hydrogen (secondary N) is 1. The van der Waals surface area contributed by atoms with Gasteiger partial charge in [-0.05, 0) is 90.6 Å². The Bertz CT molecular complexity index is 849. The summed E-state index contributed by atoms with van der Waals surface area (Å²) in [6, 6.07) is 7.83. The molecule has 0 aliphatic heterocycles. The molecule has 4 fully saturated rings. The molecule has 136 valence electrons. The second-order valence-corrected chi connectivity index (χ2v) is 10.0. The maximum Gasteiger partial charge on any atom is 0.230 e. The standard InChI is InChI=1S/C19H20Br2N4O/c20-14-1-3-15(4-2-14)23-16(26)18-6-12-5-13(7-18)9-19(8-12,10-18)25-11-22-17(21)24-25/h1-4,11-13H,5-10H2,(H,23,26). The van der Waals surface area contributed by atoms with Crippen LogP contribution in [-0.2, 0) is 10.3 Å². The van der Waals surface area contributed by atoms with Gasteiger partial charge in [-0.25, -0.2) is 9.67 Å². The summed E-state index contributed by atoms with van der Waals surface area (Å²) < 4.78 is 3.68. The van der Waals surface area contributed by atoms with Crippen LogP contribution in [0, 0.1) is 17.3 Å².